The van der Waals surface area contributed by atoms with Crippen LogP contribution in [0.5, 0.6) is 5.75 Å². The number of hydrogen-bond donors (Lipinski definition) is 3. The minimum atomic E-state index is -2.57. The summed E-state index contributed by atoms with van der Waals surface area (Å²) in [6.07, 6.45) is 6.08. The average Bonchev–Trinajstić information content (AvgIpc) is 3.97. The number of amides is 1. The summed E-state index contributed by atoms with van der Waals surface area (Å²) in [5.41, 5.74) is -2.43. The van der Waals surface area contributed by atoms with Gasteiger partial charge in [-0.15, -0.1) is 0 Å². The second kappa shape index (κ2) is 15.8. The predicted octanol–water partition coefficient (Wildman–Crippen LogP) is 4.28. The van der Waals surface area contributed by atoms with Crippen molar-refractivity contribution >= 4 is 46.7 Å². The molecule has 10 atom stereocenters. The third-order valence-electron chi connectivity index (χ3n) is 16.6. The van der Waals surface area contributed by atoms with Crippen molar-refractivity contribution in [3.05, 3.63) is 69.9 Å². The molecule has 15 heteroatoms. The smallest absolute Gasteiger partial charge is 0.344 e. The molecule has 1 spiro atoms. The first-order chi connectivity index (χ1) is 31.0. The molecule has 348 valence electrons. The molecule has 5 aliphatic heterocycles. The van der Waals surface area contributed by atoms with E-state index >= 15 is 4.79 Å². The average molecular weight is 895 g/mol. The molecule has 1 aliphatic carbocycles. The largest absolute Gasteiger partial charge is 0.496 e. The number of aliphatic hydroxyl groups is 2. The van der Waals surface area contributed by atoms with Crippen molar-refractivity contribution in [3.8, 4) is 5.75 Å². The summed E-state index contributed by atoms with van der Waals surface area (Å²) in [6.45, 7) is 11.5. The zero-order chi connectivity index (χ0) is 46.6. The molecule has 2 unspecified atom stereocenters. The third kappa shape index (κ3) is 6.03. The highest BCUT2D eigenvalue weighted by Gasteiger charge is 2.81. The molecular formula is C50H62N4O11. The molecule has 15 nitrogen and oxygen atoms in total. The minimum Gasteiger partial charge on any atom is -0.496 e. The second-order valence-corrected chi connectivity index (χ2v) is 19.5. The maximum Gasteiger partial charge on any atom is 0.344 e. The molecular weight excluding hydrogens is 833 g/mol. The van der Waals surface area contributed by atoms with Gasteiger partial charge in [-0.05, 0) is 99.2 Å². The van der Waals surface area contributed by atoms with E-state index in [0.717, 1.165) is 16.5 Å². The highest BCUT2D eigenvalue weighted by molar-refractivity contribution is 6.02. The Balaban J connectivity index is 1.40. The summed E-state index contributed by atoms with van der Waals surface area (Å²) in [5, 5.41) is 26.3. The fourth-order valence-electron chi connectivity index (χ4n) is 14.1. The van der Waals surface area contributed by atoms with Crippen LogP contribution in [-0.2, 0) is 57.1 Å². The van der Waals surface area contributed by atoms with E-state index in [0.29, 0.717) is 111 Å². The third-order valence-corrected chi connectivity index (χ3v) is 16.6. The Kier molecular flexibility index (Phi) is 10.9. The summed E-state index contributed by atoms with van der Waals surface area (Å²) in [4.78, 5) is 79.7. The Bertz CT molecular complexity index is 2540. The van der Waals surface area contributed by atoms with E-state index in [1.165, 1.54) is 33.2 Å². The number of aromatic amines is 1. The van der Waals surface area contributed by atoms with Gasteiger partial charge in [-0.25, -0.2) is 4.79 Å². The quantitative estimate of drug-likeness (QED) is 0.0862. The van der Waals surface area contributed by atoms with Gasteiger partial charge in [-0.2, -0.15) is 0 Å². The van der Waals surface area contributed by atoms with Gasteiger partial charge in [-0.3, -0.25) is 29.0 Å². The molecule has 0 radical (unpaired) electrons. The van der Waals surface area contributed by atoms with E-state index in [1.807, 2.05) is 45.1 Å². The Morgan fingerprint density at radius 1 is 0.923 bits per heavy atom. The number of Topliss-reactive ketones (excluding diaryl/α,β-unsaturated/α-hetero) is 1. The standard InChI is InChI=1S/C50H62N4O11/c1-9-31-19-34-32-13-17-52-25-30(23-46(60,10-2)26-52)24-49(44(58)63-7,40(32)51-37(34)20-33(31)28(4)56)36-21-35-38(22-39(36)62-6)54(27-55)42-48(35)15-18-53-16-12-14-47(11-3,41(48)53)43(65-29(5)57)50(42,61)45(59)64-8/h12,14,19-22,27,30,41-43,51,60-61H,9-11,13,15-18,23-26H2,1-8H3/t30-,41+,42?,43-,46+,47-,48-,49+,50+/m1/s1. The van der Waals surface area contributed by atoms with E-state index in [2.05, 4.69) is 20.9 Å². The van der Waals surface area contributed by atoms with Gasteiger partial charge >= 0.3 is 17.9 Å². The molecule has 1 aromatic heterocycles. The number of fused-ring (bicyclic) bond motifs is 6. The lowest BCUT2D eigenvalue weighted by atomic mass is 9.47. The number of ketones is 1. The SMILES string of the molecule is CCc1cc2c3c([nH]c2cc1C(C)=O)[C@@](C(=O)OC)(c1cc2c(cc1OC)N(C=O)C1[C@]24CCN2CC=C[C@@](CC)([C@@H](OC(C)=O)[C@]1(O)C(=O)OC)[C@H]24)C[C@@H]1CN(CC3)C[C@](O)(CC)C1. The van der Waals surface area contributed by atoms with Crippen molar-refractivity contribution in [2.24, 2.45) is 11.3 Å². The number of carbonyl (C=O) groups excluding carboxylic acids is 5. The Labute approximate surface area is 379 Å². The van der Waals surface area contributed by atoms with Crippen LogP contribution in [0.25, 0.3) is 10.9 Å². The number of methoxy groups -OCH3 is 3. The maximum atomic E-state index is 15.6. The molecule has 6 heterocycles. The van der Waals surface area contributed by atoms with Gasteiger partial charge in [0.1, 0.15) is 11.2 Å². The lowest BCUT2D eigenvalue weighted by Crippen LogP contribution is -2.81. The van der Waals surface area contributed by atoms with Crippen LogP contribution in [-0.4, -0.2) is 139 Å². The molecule has 1 amide bonds. The summed E-state index contributed by atoms with van der Waals surface area (Å²) < 4.78 is 23.8. The van der Waals surface area contributed by atoms with E-state index in [1.54, 1.807) is 13.0 Å². The number of benzene rings is 2. The van der Waals surface area contributed by atoms with Gasteiger partial charge in [0.2, 0.25) is 12.0 Å². The van der Waals surface area contributed by atoms with Crippen molar-refractivity contribution in [1.29, 1.82) is 0 Å². The minimum absolute atomic E-state index is 0.0724. The molecule has 3 N–H and O–H groups in total. The van der Waals surface area contributed by atoms with Crippen LogP contribution >= 0.6 is 0 Å². The highest BCUT2D eigenvalue weighted by Crippen LogP contribution is 2.68. The van der Waals surface area contributed by atoms with Crippen LogP contribution in [0.3, 0.4) is 0 Å². The van der Waals surface area contributed by atoms with Gasteiger partial charge in [0, 0.05) is 83.8 Å². The molecule has 9 rings (SSSR count). The van der Waals surface area contributed by atoms with Crippen LogP contribution in [0.1, 0.15) is 105 Å². The van der Waals surface area contributed by atoms with Gasteiger partial charge in [-0.1, -0.05) is 32.9 Å². The zero-order valence-corrected chi connectivity index (χ0v) is 38.7. The Hall–Kier alpha value is -5.09. The molecule has 3 aromatic rings. The number of aromatic nitrogens is 1. The van der Waals surface area contributed by atoms with Crippen LogP contribution < -0.4 is 9.64 Å². The van der Waals surface area contributed by atoms with Crippen LogP contribution in [0.15, 0.2) is 36.4 Å². The Morgan fingerprint density at radius 2 is 1.68 bits per heavy atom. The van der Waals surface area contributed by atoms with Crippen LogP contribution in [0.2, 0.25) is 0 Å². The summed E-state index contributed by atoms with van der Waals surface area (Å²) >= 11 is 0. The van der Waals surface area contributed by atoms with Crippen molar-refractivity contribution < 1.29 is 53.1 Å². The second-order valence-electron chi connectivity index (χ2n) is 19.5. The number of rotatable bonds is 10. The number of anilines is 1. The van der Waals surface area contributed by atoms with Gasteiger partial charge < -0.3 is 39.0 Å². The molecule has 2 saturated heterocycles. The van der Waals surface area contributed by atoms with E-state index in [4.69, 9.17) is 18.9 Å². The predicted molar refractivity (Wildman–Crippen MR) is 240 cm³/mol. The summed E-state index contributed by atoms with van der Waals surface area (Å²) in [7, 11) is 4.03. The molecule has 2 bridgehead atoms. The first kappa shape index (κ1) is 45.1. The van der Waals surface area contributed by atoms with E-state index in [9.17, 15) is 29.4 Å². The summed E-state index contributed by atoms with van der Waals surface area (Å²) in [5.74, 6) is -2.35. The maximum absolute atomic E-state index is 15.6. The number of ether oxygens (including phenoxy) is 4. The number of nitrogens with one attached hydrogen (secondary N) is 1. The molecule has 6 aliphatic rings. The lowest BCUT2D eigenvalue weighted by molar-refractivity contribution is -0.228. The monoisotopic (exact) mass is 894 g/mol. The zero-order valence-electron chi connectivity index (χ0n) is 38.7. The first-order valence-electron chi connectivity index (χ1n) is 23.1. The molecule has 3 fully saturated rings. The molecule has 1 saturated carbocycles. The van der Waals surface area contributed by atoms with Crippen molar-refractivity contribution in [2.45, 2.75) is 120 Å². The number of hydrogen-bond acceptors (Lipinski definition) is 13. The Morgan fingerprint density at radius 3 is 2.31 bits per heavy atom. The van der Waals surface area contributed by atoms with Gasteiger partial charge in [0.05, 0.1) is 38.7 Å². The lowest BCUT2D eigenvalue weighted by Gasteiger charge is -2.63. The van der Waals surface area contributed by atoms with E-state index < -0.39 is 63.5 Å². The van der Waals surface area contributed by atoms with Crippen LogP contribution in [0, 0.1) is 11.3 Å². The topological polar surface area (TPSA) is 188 Å². The summed E-state index contributed by atoms with van der Waals surface area (Å²) in [6, 6.07) is 5.77. The molecule has 2 aromatic carbocycles. The van der Waals surface area contributed by atoms with Crippen molar-refractivity contribution in [1.82, 2.24) is 14.8 Å². The van der Waals surface area contributed by atoms with Gasteiger partial charge in [0.15, 0.2) is 11.9 Å². The van der Waals surface area contributed by atoms with E-state index in [-0.39, 0.29) is 23.9 Å². The van der Waals surface area contributed by atoms with Crippen molar-refractivity contribution in [2.75, 3.05) is 59.0 Å². The first-order valence-corrected chi connectivity index (χ1v) is 23.1. The highest BCUT2D eigenvalue weighted by atomic mass is 16.6. The number of piperidine rings is 1. The number of nitrogens with zero attached hydrogens (tertiary/aromatic N) is 3. The number of H-pyrrole nitrogens is 1. The fraction of sp³-hybridized carbons (Fsp3) is 0.580. The van der Waals surface area contributed by atoms with Gasteiger partial charge in [0.25, 0.3) is 0 Å². The number of aryl methyl sites for hydroxylation is 1. The normalized spacial score (nSPS) is 34.6. The number of carbonyl (C=O) groups is 5. The van der Waals surface area contributed by atoms with Crippen LogP contribution in [0.4, 0.5) is 5.69 Å². The number of esters is 3. The fourth-order valence-corrected chi connectivity index (χ4v) is 14.1. The van der Waals surface area contributed by atoms with Crippen molar-refractivity contribution in [3.63, 3.8) is 0 Å². The molecule has 65 heavy (non-hydrogen) atoms.